The standard InChI is InChI=1S/C17H15ClN2O3/c1-10-16(21)20-14-7-11(5-6-15(14)23-10)9-19-17(22)12-3-2-4-13(18)8-12/h2-8,10H,9H2,1H3,(H,19,22)(H,20,21). The van der Waals surface area contributed by atoms with Crippen molar-refractivity contribution in [2.75, 3.05) is 5.32 Å². The molecule has 0 spiro atoms. The van der Waals surface area contributed by atoms with Crippen molar-refractivity contribution in [3.05, 3.63) is 58.6 Å². The Morgan fingerprint density at radius 1 is 1.30 bits per heavy atom. The van der Waals surface area contributed by atoms with Crippen LogP contribution in [0.3, 0.4) is 0 Å². The van der Waals surface area contributed by atoms with E-state index in [2.05, 4.69) is 10.6 Å². The molecule has 2 aromatic carbocycles. The molecule has 1 unspecified atom stereocenters. The predicted octanol–water partition coefficient (Wildman–Crippen LogP) is 2.99. The van der Waals surface area contributed by atoms with Gasteiger partial charge in [0.05, 0.1) is 5.69 Å². The Bertz CT molecular complexity index is 776. The third-order valence-corrected chi connectivity index (χ3v) is 3.75. The molecule has 0 saturated carbocycles. The molecular weight excluding hydrogens is 316 g/mol. The zero-order chi connectivity index (χ0) is 16.4. The van der Waals surface area contributed by atoms with Crippen LogP contribution in [0.2, 0.25) is 5.02 Å². The zero-order valence-electron chi connectivity index (χ0n) is 12.4. The second kappa shape index (κ2) is 6.30. The van der Waals surface area contributed by atoms with Gasteiger partial charge in [0, 0.05) is 17.1 Å². The van der Waals surface area contributed by atoms with Gasteiger partial charge in [-0.15, -0.1) is 0 Å². The summed E-state index contributed by atoms with van der Waals surface area (Å²) in [5, 5.41) is 6.12. The summed E-state index contributed by atoms with van der Waals surface area (Å²) in [7, 11) is 0. The zero-order valence-corrected chi connectivity index (χ0v) is 13.2. The molecule has 5 nitrogen and oxygen atoms in total. The Hall–Kier alpha value is -2.53. The summed E-state index contributed by atoms with van der Waals surface area (Å²) in [6.07, 6.45) is -0.504. The average Bonchev–Trinajstić information content (AvgIpc) is 2.53. The third-order valence-electron chi connectivity index (χ3n) is 3.51. The molecule has 1 atom stereocenters. The molecule has 1 aliphatic heterocycles. The van der Waals surface area contributed by atoms with E-state index >= 15 is 0 Å². The number of fused-ring (bicyclic) bond motifs is 1. The molecule has 2 amide bonds. The SMILES string of the molecule is CC1Oc2ccc(CNC(=O)c3cccc(Cl)c3)cc2NC1=O. The summed E-state index contributed by atoms with van der Waals surface area (Å²) < 4.78 is 5.49. The number of carbonyl (C=O) groups excluding carboxylic acids is 2. The van der Waals surface area contributed by atoms with E-state index in [9.17, 15) is 9.59 Å². The van der Waals surface area contributed by atoms with E-state index in [0.29, 0.717) is 28.6 Å². The van der Waals surface area contributed by atoms with E-state index in [4.69, 9.17) is 16.3 Å². The number of halogens is 1. The molecule has 118 valence electrons. The van der Waals surface area contributed by atoms with E-state index in [1.54, 1.807) is 43.3 Å². The number of hydrogen-bond donors (Lipinski definition) is 2. The molecule has 0 fully saturated rings. The molecule has 2 aromatic rings. The lowest BCUT2D eigenvalue weighted by atomic mass is 10.1. The minimum Gasteiger partial charge on any atom is -0.479 e. The number of amides is 2. The first-order valence-corrected chi connectivity index (χ1v) is 7.55. The lowest BCUT2D eigenvalue weighted by Crippen LogP contribution is -2.34. The maximum absolute atomic E-state index is 12.1. The normalized spacial score (nSPS) is 16.1. The topological polar surface area (TPSA) is 67.4 Å². The van der Waals surface area contributed by atoms with Gasteiger partial charge in [0.25, 0.3) is 11.8 Å². The summed E-state index contributed by atoms with van der Waals surface area (Å²) in [6.45, 7) is 2.03. The molecule has 23 heavy (non-hydrogen) atoms. The van der Waals surface area contributed by atoms with Crippen LogP contribution < -0.4 is 15.4 Å². The lowest BCUT2D eigenvalue weighted by Gasteiger charge is -2.23. The fraction of sp³-hybridized carbons (Fsp3) is 0.176. The van der Waals surface area contributed by atoms with Crippen molar-refractivity contribution in [1.82, 2.24) is 5.32 Å². The highest BCUT2D eigenvalue weighted by atomic mass is 35.5. The summed E-state index contributed by atoms with van der Waals surface area (Å²) in [6, 6.07) is 12.2. The van der Waals surface area contributed by atoms with Gasteiger partial charge < -0.3 is 15.4 Å². The summed E-state index contributed by atoms with van der Waals surface area (Å²) in [4.78, 5) is 23.7. The van der Waals surface area contributed by atoms with Crippen LogP contribution in [0.1, 0.15) is 22.8 Å². The van der Waals surface area contributed by atoms with Crippen molar-refractivity contribution >= 4 is 29.1 Å². The highest BCUT2D eigenvalue weighted by molar-refractivity contribution is 6.30. The molecule has 2 N–H and O–H groups in total. The first-order valence-electron chi connectivity index (χ1n) is 7.17. The second-order valence-corrected chi connectivity index (χ2v) is 5.71. The molecule has 0 aliphatic carbocycles. The number of hydrogen-bond acceptors (Lipinski definition) is 3. The lowest BCUT2D eigenvalue weighted by molar-refractivity contribution is -0.122. The largest absolute Gasteiger partial charge is 0.479 e. The van der Waals surface area contributed by atoms with Crippen LogP contribution in [-0.4, -0.2) is 17.9 Å². The molecule has 0 radical (unpaired) electrons. The Morgan fingerprint density at radius 2 is 2.13 bits per heavy atom. The number of benzene rings is 2. The summed E-state index contributed by atoms with van der Waals surface area (Å²) >= 11 is 5.88. The molecule has 0 saturated heterocycles. The minimum absolute atomic E-state index is 0.183. The van der Waals surface area contributed by atoms with E-state index in [1.165, 1.54) is 0 Å². The summed E-state index contributed by atoms with van der Waals surface area (Å²) in [5.41, 5.74) is 1.97. The van der Waals surface area contributed by atoms with Crippen LogP contribution in [0.5, 0.6) is 5.75 Å². The van der Waals surface area contributed by atoms with E-state index in [1.807, 2.05) is 6.07 Å². The van der Waals surface area contributed by atoms with Crippen LogP contribution in [-0.2, 0) is 11.3 Å². The van der Waals surface area contributed by atoms with Gasteiger partial charge in [-0.05, 0) is 42.8 Å². The highest BCUT2D eigenvalue weighted by Gasteiger charge is 2.23. The van der Waals surface area contributed by atoms with Gasteiger partial charge in [0.2, 0.25) is 0 Å². The summed E-state index contributed by atoms with van der Waals surface area (Å²) in [5.74, 6) is 0.235. The Balaban J connectivity index is 1.68. The van der Waals surface area contributed by atoms with Crippen molar-refractivity contribution in [3.63, 3.8) is 0 Å². The third kappa shape index (κ3) is 3.46. The van der Waals surface area contributed by atoms with E-state index in [0.717, 1.165) is 5.56 Å². The molecule has 6 heteroatoms. The number of anilines is 1. The van der Waals surface area contributed by atoms with Crippen molar-refractivity contribution in [3.8, 4) is 5.75 Å². The van der Waals surface area contributed by atoms with Crippen LogP contribution in [0.15, 0.2) is 42.5 Å². The molecule has 1 aliphatic rings. The van der Waals surface area contributed by atoms with Gasteiger partial charge in [-0.1, -0.05) is 23.7 Å². The number of nitrogens with one attached hydrogen (secondary N) is 2. The predicted molar refractivity (Wildman–Crippen MR) is 87.8 cm³/mol. The Morgan fingerprint density at radius 3 is 2.91 bits per heavy atom. The fourth-order valence-electron chi connectivity index (χ4n) is 2.28. The molecular formula is C17H15ClN2O3. The van der Waals surface area contributed by atoms with E-state index in [-0.39, 0.29) is 11.8 Å². The second-order valence-electron chi connectivity index (χ2n) is 5.27. The quantitative estimate of drug-likeness (QED) is 0.909. The minimum atomic E-state index is -0.504. The van der Waals surface area contributed by atoms with Crippen LogP contribution in [0.25, 0.3) is 0 Å². The number of ether oxygens (including phenoxy) is 1. The van der Waals surface area contributed by atoms with Gasteiger partial charge in [0.15, 0.2) is 6.10 Å². The smallest absolute Gasteiger partial charge is 0.265 e. The fourth-order valence-corrected chi connectivity index (χ4v) is 2.47. The monoisotopic (exact) mass is 330 g/mol. The van der Waals surface area contributed by atoms with Crippen LogP contribution in [0, 0.1) is 0 Å². The maximum Gasteiger partial charge on any atom is 0.265 e. The molecule has 0 aromatic heterocycles. The Labute approximate surface area is 138 Å². The van der Waals surface area contributed by atoms with Gasteiger partial charge in [-0.25, -0.2) is 0 Å². The number of rotatable bonds is 3. The van der Waals surface area contributed by atoms with Crippen LogP contribution >= 0.6 is 11.6 Å². The van der Waals surface area contributed by atoms with Gasteiger partial charge in [-0.2, -0.15) is 0 Å². The number of carbonyl (C=O) groups is 2. The van der Waals surface area contributed by atoms with Crippen molar-refractivity contribution < 1.29 is 14.3 Å². The van der Waals surface area contributed by atoms with Crippen molar-refractivity contribution in [2.24, 2.45) is 0 Å². The Kier molecular flexibility index (Phi) is 4.21. The highest BCUT2D eigenvalue weighted by Crippen LogP contribution is 2.30. The molecule has 3 rings (SSSR count). The van der Waals surface area contributed by atoms with Gasteiger partial charge in [-0.3, -0.25) is 9.59 Å². The first-order chi connectivity index (χ1) is 11.0. The van der Waals surface area contributed by atoms with Crippen LogP contribution in [0.4, 0.5) is 5.69 Å². The molecule has 0 bridgehead atoms. The van der Waals surface area contributed by atoms with Crippen molar-refractivity contribution in [1.29, 1.82) is 0 Å². The molecule has 1 heterocycles. The average molecular weight is 331 g/mol. The van der Waals surface area contributed by atoms with Gasteiger partial charge in [0.1, 0.15) is 5.75 Å². The van der Waals surface area contributed by atoms with E-state index < -0.39 is 6.10 Å². The maximum atomic E-state index is 12.1. The first kappa shape index (κ1) is 15.4. The van der Waals surface area contributed by atoms with Crippen molar-refractivity contribution in [2.45, 2.75) is 19.6 Å². The van der Waals surface area contributed by atoms with Gasteiger partial charge >= 0.3 is 0 Å².